The number of hydrogen-bond donors (Lipinski definition) is 1. The van der Waals surface area contributed by atoms with E-state index in [1.807, 2.05) is 6.07 Å². The molecule has 1 aromatic carbocycles. The second kappa shape index (κ2) is 9.92. The number of carbonyl (C=O) groups excluding carboxylic acids is 1. The number of amides is 1. The zero-order valence-corrected chi connectivity index (χ0v) is 17.5. The summed E-state index contributed by atoms with van der Waals surface area (Å²) in [4.78, 5) is 15.1. The molecule has 1 aromatic heterocycles. The van der Waals surface area contributed by atoms with E-state index in [1.165, 1.54) is 24.8 Å². The van der Waals surface area contributed by atoms with Crippen molar-refractivity contribution in [1.29, 1.82) is 0 Å². The summed E-state index contributed by atoms with van der Waals surface area (Å²) in [5.41, 5.74) is 2.49. The van der Waals surface area contributed by atoms with Crippen LogP contribution >= 0.6 is 0 Å². The van der Waals surface area contributed by atoms with Crippen molar-refractivity contribution in [3.63, 3.8) is 0 Å². The molecule has 0 radical (unpaired) electrons. The van der Waals surface area contributed by atoms with Crippen molar-refractivity contribution in [2.24, 2.45) is 0 Å². The molecule has 4 nitrogen and oxygen atoms in total. The molecule has 1 saturated heterocycles. The molecule has 3 rings (SSSR count). The molecule has 1 aliphatic heterocycles. The normalized spacial score (nSPS) is 17.2. The molecule has 2 atom stereocenters. The van der Waals surface area contributed by atoms with Crippen molar-refractivity contribution >= 4 is 5.91 Å². The fourth-order valence-electron chi connectivity index (χ4n) is 3.87. The fraction of sp³-hybridized carbons (Fsp3) is 0.542. The number of nitrogens with one attached hydrogen (secondary N) is 1. The van der Waals surface area contributed by atoms with Crippen LogP contribution in [0.25, 0.3) is 0 Å². The van der Waals surface area contributed by atoms with Gasteiger partial charge in [-0.05, 0) is 68.0 Å². The van der Waals surface area contributed by atoms with Gasteiger partial charge in [0.2, 0.25) is 0 Å². The Bertz CT molecular complexity index is 744. The molecule has 1 aliphatic rings. The van der Waals surface area contributed by atoms with Crippen LogP contribution in [0, 0.1) is 0 Å². The van der Waals surface area contributed by atoms with Gasteiger partial charge >= 0.3 is 0 Å². The average Bonchev–Trinajstić information content (AvgIpc) is 3.21. The highest BCUT2D eigenvalue weighted by molar-refractivity contribution is 5.91. The first-order valence-electron chi connectivity index (χ1n) is 10.8. The predicted octanol–water partition coefficient (Wildman–Crippen LogP) is 5.66. The Labute approximate surface area is 169 Å². The minimum Gasteiger partial charge on any atom is -0.455 e. The SMILES string of the molecule is CCC(C)c1ccc(C(CC)NC(=O)c2ccc(CN3CCCCC3)o2)cc1. The van der Waals surface area contributed by atoms with Crippen LogP contribution in [0.3, 0.4) is 0 Å². The third-order valence-electron chi connectivity index (χ3n) is 5.95. The summed E-state index contributed by atoms with van der Waals surface area (Å²) in [7, 11) is 0. The third-order valence-corrected chi connectivity index (χ3v) is 5.95. The van der Waals surface area contributed by atoms with Crippen LogP contribution in [0.5, 0.6) is 0 Å². The summed E-state index contributed by atoms with van der Waals surface area (Å²) < 4.78 is 5.84. The Morgan fingerprint density at radius 1 is 1.00 bits per heavy atom. The van der Waals surface area contributed by atoms with Crippen LogP contribution in [0.4, 0.5) is 0 Å². The van der Waals surface area contributed by atoms with Gasteiger partial charge in [0.1, 0.15) is 5.76 Å². The number of hydrogen-bond acceptors (Lipinski definition) is 3. The Hall–Kier alpha value is -2.07. The maximum Gasteiger partial charge on any atom is 0.287 e. The molecule has 0 bridgehead atoms. The topological polar surface area (TPSA) is 45.5 Å². The lowest BCUT2D eigenvalue weighted by atomic mass is 9.95. The lowest BCUT2D eigenvalue weighted by Crippen LogP contribution is -2.29. The number of rotatable bonds is 8. The van der Waals surface area contributed by atoms with Crippen molar-refractivity contribution < 1.29 is 9.21 Å². The van der Waals surface area contributed by atoms with Crippen LogP contribution in [0.15, 0.2) is 40.8 Å². The van der Waals surface area contributed by atoms with Gasteiger partial charge in [-0.15, -0.1) is 0 Å². The summed E-state index contributed by atoms with van der Waals surface area (Å²) in [5.74, 6) is 1.70. The van der Waals surface area contributed by atoms with Gasteiger partial charge in [0.15, 0.2) is 5.76 Å². The number of piperidine rings is 1. The van der Waals surface area contributed by atoms with Crippen molar-refractivity contribution in [1.82, 2.24) is 10.2 Å². The van der Waals surface area contributed by atoms with Gasteiger partial charge in [-0.3, -0.25) is 9.69 Å². The summed E-state index contributed by atoms with van der Waals surface area (Å²) in [6.45, 7) is 9.57. The largest absolute Gasteiger partial charge is 0.455 e. The van der Waals surface area contributed by atoms with Crippen molar-refractivity contribution in [3.8, 4) is 0 Å². The molecule has 0 aliphatic carbocycles. The minimum atomic E-state index is -0.136. The molecule has 0 spiro atoms. The second-order valence-electron chi connectivity index (χ2n) is 8.01. The zero-order valence-electron chi connectivity index (χ0n) is 17.5. The zero-order chi connectivity index (χ0) is 19.9. The number of furan rings is 1. The van der Waals surface area contributed by atoms with Crippen LogP contribution in [0.1, 0.15) is 92.3 Å². The molecule has 1 N–H and O–H groups in total. The highest BCUT2D eigenvalue weighted by atomic mass is 16.4. The molecule has 4 heteroatoms. The number of benzene rings is 1. The van der Waals surface area contributed by atoms with Crippen LogP contribution in [-0.2, 0) is 6.54 Å². The van der Waals surface area contributed by atoms with Gasteiger partial charge in [-0.1, -0.05) is 51.5 Å². The van der Waals surface area contributed by atoms with Gasteiger partial charge in [-0.25, -0.2) is 0 Å². The molecule has 28 heavy (non-hydrogen) atoms. The Morgan fingerprint density at radius 3 is 2.32 bits per heavy atom. The maximum absolute atomic E-state index is 12.7. The van der Waals surface area contributed by atoms with E-state index in [0.717, 1.165) is 43.8 Å². The van der Waals surface area contributed by atoms with Crippen molar-refractivity contribution in [2.45, 2.75) is 71.4 Å². The van der Waals surface area contributed by atoms with Gasteiger partial charge in [-0.2, -0.15) is 0 Å². The number of carbonyl (C=O) groups is 1. The van der Waals surface area contributed by atoms with E-state index in [1.54, 1.807) is 6.07 Å². The Morgan fingerprint density at radius 2 is 1.68 bits per heavy atom. The number of likely N-dealkylation sites (tertiary alicyclic amines) is 1. The third kappa shape index (κ3) is 5.26. The molecule has 152 valence electrons. The highest BCUT2D eigenvalue weighted by Gasteiger charge is 2.19. The predicted molar refractivity (Wildman–Crippen MR) is 113 cm³/mol. The fourth-order valence-corrected chi connectivity index (χ4v) is 3.87. The van der Waals surface area contributed by atoms with Crippen molar-refractivity contribution in [2.75, 3.05) is 13.1 Å². The molecule has 0 saturated carbocycles. The molecular weight excluding hydrogens is 348 g/mol. The molecule has 2 unspecified atom stereocenters. The van der Waals surface area contributed by atoms with Gasteiger partial charge in [0.25, 0.3) is 5.91 Å². The van der Waals surface area contributed by atoms with E-state index in [0.29, 0.717) is 11.7 Å². The lowest BCUT2D eigenvalue weighted by molar-refractivity contribution is 0.0903. The van der Waals surface area contributed by atoms with Gasteiger partial charge < -0.3 is 9.73 Å². The smallest absolute Gasteiger partial charge is 0.287 e. The summed E-state index contributed by atoms with van der Waals surface area (Å²) >= 11 is 0. The lowest BCUT2D eigenvalue weighted by Gasteiger charge is -2.25. The molecular formula is C24H34N2O2. The monoisotopic (exact) mass is 382 g/mol. The molecule has 1 fully saturated rings. The van der Waals surface area contributed by atoms with E-state index in [-0.39, 0.29) is 11.9 Å². The first kappa shape index (κ1) is 20.7. The molecule has 2 heterocycles. The van der Waals surface area contributed by atoms with Gasteiger partial charge in [0, 0.05) is 0 Å². The first-order chi connectivity index (χ1) is 13.6. The van der Waals surface area contributed by atoms with E-state index < -0.39 is 0 Å². The second-order valence-corrected chi connectivity index (χ2v) is 8.01. The average molecular weight is 383 g/mol. The number of nitrogens with zero attached hydrogens (tertiary/aromatic N) is 1. The molecule has 2 aromatic rings. The van der Waals surface area contributed by atoms with Crippen molar-refractivity contribution in [3.05, 3.63) is 59.0 Å². The van der Waals surface area contributed by atoms with Crippen LogP contribution < -0.4 is 5.32 Å². The maximum atomic E-state index is 12.7. The molecule has 1 amide bonds. The summed E-state index contributed by atoms with van der Waals surface area (Å²) in [5, 5.41) is 3.13. The quantitative estimate of drug-likeness (QED) is 0.641. The Balaban J connectivity index is 1.60. The minimum absolute atomic E-state index is 0.00544. The highest BCUT2D eigenvalue weighted by Crippen LogP contribution is 2.23. The van der Waals surface area contributed by atoms with Crippen LogP contribution in [-0.4, -0.2) is 23.9 Å². The summed E-state index contributed by atoms with van der Waals surface area (Å²) in [6.07, 6.45) is 5.80. The summed E-state index contributed by atoms with van der Waals surface area (Å²) in [6, 6.07) is 12.4. The van der Waals surface area contributed by atoms with E-state index >= 15 is 0 Å². The standard InChI is InChI=1S/C24H34N2O2/c1-4-18(3)19-9-11-20(12-10-19)22(5-2)25-24(27)23-14-13-21(28-23)17-26-15-7-6-8-16-26/h9-14,18,22H,4-8,15-17H2,1-3H3,(H,25,27). The Kier molecular flexibility index (Phi) is 7.32. The van der Waals surface area contributed by atoms with Crippen LogP contribution in [0.2, 0.25) is 0 Å². The first-order valence-corrected chi connectivity index (χ1v) is 10.8. The van der Waals surface area contributed by atoms with E-state index in [2.05, 4.69) is 55.3 Å². The van der Waals surface area contributed by atoms with E-state index in [4.69, 9.17) is 4.42 Å². The van der Waals surface area contributed by atoms with E-state index in [9.17, 15) is 4.79 Å². The van der Waals surface area contributed by atoms with Gasteiger partial charge in [0.05, 0.1) is 12.6 Å².